The molecule has 3 aromatic rings. The number of nitrogens with one attached hydrogen (secondary N) is 1. The number of aromatic amines is 1. The summed E-state index contributed by atoms with van der Waals surface area (Å²) in [5.41, 5.74) is 4.08. The van der Waals surface area contributed by atoms with Gasteiger partial charge >= 0.3 is 0 Å². The first kappa shape index (κ1) is 20.1. The number of H-pyrrole nitrogens is 1. The van der Waals surface area contributed by atoms with Gasteiger partial charge in [-0.05, 0) is 55.5 Å². The highest BCUT2D eigenvalue weighted by Gasteiger charge is 2.32. The number of aromatic nitrogens is 3. The lowest BCUT2D eigenvalue weighted by atomic mass is 9.93. The first-order valence-electron chi connectivity index (χ1n) is 9.63. The van der Waals surface area contributed by atoms with Gasteiger partial charge in [0.25, 0.3) is 0 Å². The minimum atomic E-state index is -3.54. The molecule has 1 fully saturated rings. The van der Waals surface area contributed by atoms with Crippen molar-refractivity contribution in [1.29, 1.82) is 0 Å². The van der Waals surface area contributed by atoms with Crippen LogP contribution in [0.5, 0.6) is 0 Å². The second-order valence-electron chi connectivity index (χ2n) is 7.45. The van der Waals surface area contributed by atoms with Gasteiger partial charge in [0.15, 0.2) is 0 Å². The summed E-state index contributed by atoms with van der Waals surface area (Å²) in [6.07, 6.45) is 5.22. The number of pyridine rings is 1. The van der Waals surface area contributed by atoms with Crippen molar-refractivity contribution < 1.29 is 8.42 Å². The van der Waals surface area contributed by atoms with E-state index in [1.165, 1.54) is 12.4 Å². The molecule has 3 heterocycles. The number of nitrogens with zero attached hydrogens (tertiary/aromatic N) is 3. The number of piperidine rings is 1. The van der Waals surface area contributed by atoms with Crippen LogP contribution in [-0.4, -0.2) is 41.0 Å². The molecule has 152 valence electrons. The zero-order chi connectivity index (χ0) is 20.4. The van der Waals surface area contributed by atoms with Crippen LogP contribution >= 0.6 is 11.6 Å². The van der Waals surface area contributed by atoms with Gasteiger partial charge in [0.05, 0.1) is 6.20 Å². The van der Waals surface area contributed by atoms with Crippen LogP contribution in [0.1, 0.15) is 41.3 Å². The average molecular weight is 431 g/mol. The molecule has 0 bridgehead atoms. The lowest BCUT2D eigenvalue weighted by molar-refractivity contribution is 0.312. The van der Waals surface area contributed by atoms with Crippen LogP contribution in [0.15, 0.2) is 53.7 Å². The maximum absolute atomic E-state index is 12.9. The Morgan fingerprint density at radius 1 is 1.28 bits per heavy atom. The summed E-state index contributed by atoms with van der Waals surface area (Å²) in [5.74, 6) is 0.0651. The molecule has 1 aliphatic heterocycles. The fourth-order valence-electron chi connectivity index (χ4n) is 3.87. The third-order valence-corrected chi connectivity index (χ3v) is 7.50. The molecule has 0 aliphatic carbocycles. The molecule has 4 rings (SSSR count). The molecule has 1 aliphatic rings. The zero-order valence-corrected chi connectivity index (χ0v) is 17.7. The van der Waals surface area contributed by atoms with E-state index in [1.54, 1.807) is 4.31 Å². The van der Waals surface area contributed by atoms with Gasteiger partial charge in [-0.25, -0.2) is 8.42 Å². The normalized spacial score (nSPS) is 18.1. The maximum Gasteiger partial charge on any atom is 0.246 e. The highest BCUT2D eigenvalue weighted by atomic mass is 35.5. The van der Waals surface area contributed by atoms with Crippen molar-refractivity contribution in [2.45, 2.75) is 37.0 Å². The molecule has 29 heavy (non-hydrogen) atoms. The number of benzene rings is 1. The van der Waals surface area contributed by atoms with E-state index in [0.717, 1.165) is 46.8 Å². The topological polar surface area (TPSA) is 79.0 Å². The number of hydrogen-bond acceptors (Lipinski definition) is 4. The lowest BCUT2D eigenvalue weighted by Gasteiger charge is -2.31. The first-order valence-corrected chi connectivity index (χ1v) is 11.4. The Hall–Kier alpha value is -2.22. The van der Waals surface area contributed by atoms with Gasteiger partial charge in [-0.3, -0.25) is 10.1 Å². The van der Waals surface area contributed by atoms with Gasteiger partial charge in [0.1, 0.15) is 4.90 Å². The van der Waals surface area contributed by atoms with Crippen LogP contribution in [0.3, 0.4) is 0 Å². The molecule has 1 atom stereocenters. The Morgan fingerprint density at radius 2 is 2.10 bits per heavy atom. The van der Waals surface area contributed by atoms with Crippen molar-refractivity contribution in [2.75, 3.05) is 13.1 Å². The largest absolute Gasteiger partial charge is 0.284 e. The van der Waals surface area contributed by atoms with Crippen LogP contribution in [0.4, 0.5) is 0 Å². The van der Waals surface area contributed by atoms with Gasteiger partial charge in [-0.15, -0.1) is 0 Å². The van der Waals surface area contributed by atoms with Gasteiger partial charge < -0.3 is 0 Å². The van der Waals surface area contributed by atoms with Gasteiger partial charge in [0, 0.05) is 41.6 Å². The van der Waals surface area contributed by atoms with Crippen molar-refractivity contribution in [3.63, 3.8) is 0 Å². The summed E-state index contributed by atoms with van der Waals surface area (Å²) in [6.45, 7) is 2.92. The van der Waals surface area contributed by atoms with E-state index in [2.05, 4.69) is 22.3 Å². The minimum Gasteiger partial charge on any atom is -0.284 e. The van der Waals surface area contributed by atoms with Crippen LogP contribution in [-0.2, 0) is 16.4 Å². The summed E-state index contributed by atoms with van der Waals surface area (Å²) < 4.78 is 27.3. The van der Waals surface area contributed by atoms with Gasteiger partial charge in [-0.2, -0.15) is 9.40 Å². The fourth-order valence-corrected chi connectivity index (χ4v) is 5.51. The number of hydrogen-bond donors (Lipinski definition) is 1. The maximum atomic E-state index is 12.9. The van der Waals surface area contributed by atoms with E-state index < -0.39 is 10.0 Å². The Bertz CT molecular complexity index is 1100. The van der Waals surface area contributed by atoms with Crippen LogP contribution in [0.25, 0.3) is 0 Å². The summed E-state index contributed by atoms with van der Waals surface area (Å²) >= 11 is 6.32. The lowest BCUT2D eigenvalue weighted by Crippen LogP contribution is -2.39. The Balaban J connectivity index is 1.58. The first-order chi connectivity index (χ1) is 13.9. The molecule has 0 spiro atoms. The van der Waals surface area contributed by atoms with E-state index >= 15 is 0 Å². The molecular weight excluding hydrogens is 408 g/mol. The van der Waals surface area contributed by atoms with Crippen LogP contribution in [0, 0.1) is 6.92 Å². The van der Waals surface area contributed by atoms with Crippen LogP contribution < -0.4 is 0 Å². The van der Waals surface area contributed by atoms with Crippen molar-refractivity contribution in [3.8, 4) is 0 Å². The van der Waals surface area contributed by atoms with Crippen molar-refractivity contribution in [3.05, 3.63) is 76.3 Å². The summed E-state index contributed by atoms with van der Waals surface area (Å²) in [5, 5.41) is 7.11. The second kappa shape index (κ2) is 8.26. The third-order valence-electron chi connectivity index (χ3n) is 5.30. The molecule has 6 nitrogen and oxygen atoms in total. The van der Waals surface area contributed by atoms with E-state index in [-0.39, 0.29) is 10.8 Å². The monoisotopic (exact) mass is 430 g/mol. The van der Waals surface area contributed by atoms with Crippen molar-refractivity contribution in [1.82, 2.24) is 19.5 Å². The minimum absolute atomic E-state index is 0.0651. The molecule has 1 saturated heterocycles. The summed E-state index contributed by atoms with van der Waals surface area (Å²) in [4.78, 5) is 4.93. The third kappa shape index (κ3) is 4.37. The average Bonchev–Trinajstić information content (AvgIpc) is 3.25. The molecule has 2 aromatic heterocycles. The molecule has 0 unspecified atom stereocenters. The van der Waals surface area contributed by atoms with E-state index in [0.29, 0.717) is 13.1 Å². The number of halogens is 1. The molecule has 0 saturated carbocycles. The molecule has 0 amide bonds. The Kier molecular flexibility index (Phi) is 5.72. The predicted molar refractivity (Wildman–Crippen MR) is 113 cm³/mol. The zero-order valence-electron chi connectivity index (χ0n) is 16.2. The molecule has 1 aromatic carbocycles. The number of rotatable bonds is 5. The van der Waals surface area contributed by atoms with Gasteiger partial charge in [-0.1, -0.05) is 29.8 Å². The van der Waals surface area contributed by atoms with Crippen molar-refractivity contribution >= 4 is 21.6 Å². The quantitative estimate of drug-likeness (QED) is 0.665. The fraction of sp³-hybridized carbons (Fsp3) is 0.333. The second-order valence-corrected chi connectivity index (χ2v) is 9.79. The highest BCUT2D eigenvalue weighted by molar-refractivity contribution is 7.89. The predicted octanol–water partition coefficient (Wildman–Crippen LogP) is 3.93. The van der Waals surface area contributed by atoms with Crippen molar-refractivity contribution in [2.24, 2.45) is 0 Å². The van der Waals surface area contributed by atoms with Gasteiger partial charge in [0.2, 0.25) is 10.0 Å². The Labute approximate surface area is 176 Å². The summed E-state index contributed by atoms with van der Waals surface area (Å²) in [7, 11) is -3.54. The number of aryl methyl sites for hydroxylation is 1. The molecule has 8 heteroatoms. The van der Waals surface area contributed by atoms with Crippen LogP contribution in [0.2, 0.25) is 5.02 Å². The van der Waals surface area contributed by atoms with E-state index in [9.17, 15) is 8.42 Å². The summed E-state index contributed by atoms with van der Waals surface area (Å²) in [6, 6.07) is 12.0. The molecular formula is C21H23ClN4O2S. The standard InChI is InChI=1S/C21H23ClN4O2S/c1-15-9-16(10-17-5-2-3-7-20(17)22)11-21(25-15)18-6-4-8-26(14-18)29(27,28)19-12-23-24-13-19/h2-3,5,7,9,11-13,18H,4,6,8,10,14H2,1H3,(H,23,24)/t18-/m1/s1. The molecule has 1 N–H and O–H groups in total. The SMILES string of the molecule is Cc1cc(Cc2ccccc2Cl)cc([C@@H]2CCCN(S(=O)(=O)c3cn[nH]c3)C2)n1. The van der Waals surface area contributed by atoms with E-state index in [4.69, 9.17) is 16.6 Å². The number of sulfonamides is 1. The smallest absolute Gasteiger partial charge is 0.246 e. The Morgan fingerprint density at radius 3 is 2.86 bits per heavy atom. The van der Waals surface area contributed by atoms with E-state index in [1.807, 2.05) is 31.2 Å². The molecule has 0 radical (unpaired) electrons. The highest BCUT2D eigenvalue weighted by Crippen LogP contribution is 2.30.